The highest BCUT2D eigenvalue weighted by atomic mass is 35.5. The molecule has 1 N–H and O–H groups in total. The zero-order chi connectivity index (χ0) is 16.0. The van der Waals surface area contributed by atoms with Gasteiger partial charge in [0.1, 0.15) is 5.75 Å². The first-order valence-corrected chi connectivity index (χ1v) is 7.63. The molecule has 0 heterocycles. The fraction of sp³-hybridized carbons (Fsp3) is 0.471. The van der Waals surface area contributed by atoms with Crippen molar-refractivity contribution in [3.63, 3.8) is 0 Å². The minimum atomic E-state index is -0.840. The van der Waals surface area contributed by atoms with Crippen molar-refractivity contribution in [3.8, 4) is 5.75 Å². The molecule has 0 saturated heterocycles. The standard InChI is InChI=1S/C17H23ClO3/c1-5-9-21-14-10-11(3)17(18)12(4)16(14)13(6-2)7-8-15(19)20/h7,10H,5-6,8-9H2,1-4H3,(H,19,20)/b13-7+. The molecule has 0 radical (unpaired) electrons. The van der Waals surface area contributed by atoms with E-state index >= 15 is 0 Å². The lowest BCUT2D eigenvalue weighted by atomic mass is 9.94. The molecule has 21 heavy (non-hydrogen) atoms. The summed E-state index contributed by atoms with van der Waals surface area (Å²) in [6.07, 6.45) is 3.40. The van der Waals surface area contributed by atoms with Crippen LogP contribution in [-0.2, 0) is 4.79 Å². The molecule has 0 unspecified atom stereocenters. The van der Waals surface area contributed by atoms with Gasteiger partial charge in [0, 0.05) is 10.6 Å². The number of carboxylic acids is 1. The summed E-state index contributed by atoms with van der Waals surface area (Å²) in [5.41, 5.74) is 3.81. The van der Waals surface area contributed by atoms with Gasteiger partial charge in [0.05, 0.1) is 13.0 Å². The maximum atomic E-state index is 10.8. The quantitative estimate of drug-likeness (QED) is 0.769. The molecule has 1 aromatic rings. The van der Waals surface area contributed by atoms with Gasteiger partial charge in [-0.1, -0.05) is 31.5 Å². The van der Waals surface area contributed by atoms with E-state index in [0.29, 0.717) is 11.6 Å². The summed E-state index contributed by atoms with van der Waals surface area (Å²) in [7, 11) is 0. The minimum absolute atomic E-state index is 0.00132. The van der Waals surface area contributed by atoms with Crippen LogP contribution in [0.3, 0.4) is 0 Å². The summed E-state index contributed by atoms with van der Waals surface area (Å²) in [5.74, 6) is -0.0532. The van der Waals surface area contributed by atoms with Gasteiger partial charge in [-0.15, -0.1) is 0 Å². The fourth-order valence-electron chi connectivity index (χ4n) is 2.28. The second-order valence-corrected chi connectivity index (χ2v) is 5.41. The second kappa shape index (κ2) is 8.08. The van der Waals surface area contributed by atoms with Crippen molar-refractivity contribution in [2.75, 3.05) is 6.61 Å². The number of halogens is 1. The number of hydrogen-bond acceptors (Lipinski definition) is 2. The highest BCUT2D eigenvalue weighted by Gasteiger charge is 2.16. The monoisotopic (exact) mass is 310 g/mol. The number of aryl methyl sites for hydroxylation is 1. The van der Waals surface area contributed by atoms with Crippen molar-refractivity contribution in [2.45, 2.75) is 47.0 Å². The number of benzene rings is 1. The molecule has 0 amide bonds. The van der Waals surface area contributed by atoms with Gasteiger partial charge >= 0.3 is 5.97 Å². The van der Waals surface area contributed by atoms with E-state index in [2.05, 4.69) is 6.92 Å². The number of rotatable bonds is 7. The topological polar surface area (TPSA) is 46.5 Å². The zero-order valence-corrected chi connectivity index (χ0v) is 13.9. The van der Waals surface area contributed by atoms with Gasteiger partial charge in [-0.2, -0.15) is 0 Å². The lowest BCUT2D eigenvalue weighted by Crippen LogP contribution is -2.03. The van der Waals surface area contributed by atoms with Crippen LogP contribution in [0.15, 0.2) is 12.1 Å². The Morgan fingerprint density at radius 2 is 2.05 bits per heavy atom. The Bertz CT molecular complexity index is 547. The van der Waals surface area contributed by atoms with E-state index in [1.807, 2.05) is 26.8 Å². The molecule has 0 aromatic heterocycles. The third-order valence-corrected chi connectivity index (χ3v) is 3.91. The maximum absolute atomic E-state index is 10.8. The Labute approximate surface area is 131 Å². The van der Waals surface area contributed by atoms with Crippen LogP contribution >= 0.6 is 11.6 Å². The molecule has 0 spiro atoms. The molecule has 3 nitrogen and oxygen atoms in total. The SMILES string of the molecule is CCCOc1cc(C)c(Cl)c(C)c1/C(=C/CC(=O)O)CC. The molecule has 0 aliphatic carbocycles. The molecule has 116 valence electrons. The molecule has 0 aliphatic rings. The smallest absolute Gasteiger partial charge is 0.307 e. The molecule has 0 saturated carbocycles. The lowest BCUT2D eigenvalue weighted by Gasteiger charge is -2.18. The first-order valence-electron chi connectivity index (χ1n) is 7.26. The van der Waals surface area contributed by atoms with Gasteiger partial charge < -0.3 is 9.84 Å². The van der Waals surface area contributed by atoms with Crippen molar-refractivity contribution >= 4 is 23.1 Å². The van der Waals surface area contributed by atoms with Crippen LogP contribution in [0.4, 0.5) is 0 Å². The van der Waals surface area contributed by atoms with Crippen LogP contribution in [0.2, 0.25) is 5.02 Å². The van der Waals surface area contributed by atoms with Gasteiger partial charge in [-0.05, 0) is 49.5 Å². The number of carbonyl (C=O) groups is 1. The van der Waals surface area contributed by atoms with E-state index in [4.69, 9.17) is 21.4 Å². The fourth-order valence-corrected chi connectivity index (χ4v) is 2.43. The first-order chi connectivity index (χ1) is 9.92. The van der Waals surface area contributed by atoms with E-state index in [-0.39, 0.29) is 6.42 Å². The van der Waals surface area contributed by atoms with E-state index in [1.165, 1.54) is 0 Å². The Balaban J connectivity index is 3.38. The summed E-state index contributed by atoms with van der Waals surface area (Å²) in [6.45, 7) is 8.59. The summed E-state index contributed by atoms with van der Waals surface area (Å²) < 4.78 is 5.85. The van der Waals surface area contributed by atoms with E-state index in [9.17, 15) is 4.79 Å². The van der Waals surface area contributed by atoms with Crippen molar-refractivity contribution in [3.05, 3.63) is 33.9 Å². The van der Waals surface area contributed by atoms with Crippen LogP contribution in [0.5, 0.6) is 5.75 Å². The Kier molecular flexibility index (Phi) is 6.76. The van der Waals surface area contributed by atoms with E-state index in [0.717, 1.165) is 40.9 Å². The van der Waals surface area contributed by atoms with Gasteiger partial charge in [0.15, 0.2) is 0 Å². The third kappa shape index (κ3) is 4.50. The summed E-state index contributed by atoms with van der Waals surface area (Å²) in [6, 6.07) is 1.94. The summed E-state index contributed by atoms with van der Waals surface area (Å²) in [4.78, 5) is 10.8. The van der Waals surface area contributed by atoms with E-state index < -0.39 is 5.97 Å². The highest BCUT2D eigenvalue weighted by Crippen LogP contribution is 2.37. The van der Waals surface area contributed by atoms with Crippen molar-refractivity contribution in [1.29, 1.82) is 0 Å². The molecular weight excluding hydrogens is 288 g/mol. The summed E-state index contributed by atoms with van der Waals surface area (Å²) in [5, 5.41) is 9.59. The predicted molar refractivity (Wildman–Crippen MR) is 87.2 cm³/mol. The van der Waals surface area contributed by atoms with Crippen LogP contribution in [0.25, 0.3) is 5.57 Å². The number of ether oxygens (including phenoxy) is 1. The van der Waals surface area contributed by atoms with Crippen LogP contribution in [0.1, 0.15) is 49.8 Å². The Hall–Kier alpha value is -1.48. The summed E-state index contributed by atoms with van der Waals surface area (Å²) >= 11 is 6.35. The largest absolute Gasteiger partial charge is 0.493 e. The molecule has 0 aliphatic heterocycles. The van der Waals surface area contributed by atoms with E-state index in [1.54, 1.807) is 6.08 Å². The number of hydrogen-bond donors (Lipinski definition) is 1. The Morgan fingerprint density at radius 3 is 2.57 bits per heavy atom. The van der Waals surface area contributed by atoms with Gasteiger partial charge in [0.2, 0.25) is 0 Å². The Morgan fingerprint density at radius 1 is 1.38 bits per heavy atom. The zero-order valence-electron chi connectivity index (χ0n) is 13.1. The normalized spacial score (nSPS) is 11.6. The van der Waals surface area contributed by atoms with Crippen molar-refractivity contribution < 1.29 is 14.6 Å². The predicted octanol–water partition coefficient (Wildman–Crippen LogP) is 5.01. The average molecular weight is 311 g/mol. The van der Waals surface area contributed by atoms with Gasteiger partial charge in [-0.3, -0.25) is 4.79 Å². The molecule has 0 fully saturated rings. The first kappa shape index (κ1) is 17.6. The molecule has 0 atom stereocenters. The molecule has 4 heteroatoms. The number of allylic oxidation sites excluding steroid dienone is 1. The lowest BCUT2D eigenvalue weighted by molar-refractivity contribution is -0.135. The molecule has 0 bridgehead atoms. The molecule has 1 rings (SSSR count). The number of carboxylic acid groups (broad SMARTS) is 1. The van der Waals surface area contributed by atoms with Crippen LogP contribution < -0.4 is 4.74 Å². The second-order valence-electron chi connectivity index (χ2n) is 5.03. The van der Waals surface area contributed by atoms with Crippen LogP contribution in [-0.4, -0.2) is 17.7 Å². The molecule has 1 aromatic carbocycles. The molecular formula is C17H23ClO3. The van der Waals surface area contributed by atoms with Crippen molar-refractivity contribution in [1.82, 2.24) is 0 Å². The number of aliphatic carboxylic acids is 1. The van der Waals surface area contributed by atoms with Gasteiger partial charge in [0.25, 0.3) is 0 Å². The maximum Gasteiger partial charge on any atom is 0.307 e. The minimum Gasteiger partial charge on any atom is -0.493 e. The van der Waals surface area contributed by atoms with Gasteiger partial charge in [-0.25, -0.2) is 0 Å². The highest BCUT2D eigenvalue weighted by molar-refractivity contribution is 6.32. The average Bonchev–Trinajstić information content (AvgIpc) is 2.45. The third-order valence-electron chi connectivity index (χ3n) is 3.33. The van der Waals surface area contributed by atoms with Crippen molar-refractivity contribution in [2.24, 2.45) is 0 Å². The van der Waals surface area contributed by atoms with Crippen LogP contribution in [0, 0.1) is 13.8 Å².